The molecule has 1 saturated heterocycles. The normalized spacial score (nSPS) is 21.1. The SMILES string of the molecule is CCC1CCC(=O)N1c1ccc(F)cn1. The molecule has 1 fully saturated rings. The maximum Gasteiger partial charge on any atom is 0.228 e. The van der Waals surface area contributed by atoms with Crippen LogP contribution in [0.4, 0.5) is 10.2 Å². The first-order chi connectivity index (χ1) is 7.22. The van der Waals surface area contributed by atoms with Crippen molar-refractivity contribution < 1.29 is 9.18 Å². The van der Waals surface area contributed by atoms with E-state index in [2.05, 4.69) is 4.98 Å². The molecule has 1 amide bonds. The summed E-state index contributed by atoms with van der Waals surface area (Å²) >= 11 is 0. The van der Waals surface area contributed by atoms with Gasteiger partial charge in [0.2, 0.25) is 5.91 Å². The minimum absolute atomic E-state index is 0.0842. The van der Waals surface area contributed by atoms with Gasteiger partial charge < -0.3 is 0 Å². The Balaban J connectivity index is 2.28. The van der Waals surface area contributed by atoms with Crippen molar-refractivity contribution >= 4 is 11.7 Å². The molecule has 0 N–H and O–H groups in total. The summed E-state index contributed by atoms with van der Waals surface area (Å²) in [6.07, 6.45) is 3.49. The lowest BCUT2D eigenvalue weighted by Gasteiger charge is -2.22. The molecule has 3 nitrogen and oxygen atoms in total. The fourth-order valence-electron chi connectivity index (χ4n) is 1.96. The molecule has 1 aromatic rings. The molecule has 1 aliphatic rings. The minimum atomic E-state index is -0.376. The quantitative estimate of drug-likeness (QED) is 0.745. The molecule has 4 heteroatoms. The first-order valence-corrected chi connectivity index (χ1v) is 5.16. The molecule has 0 radical (unpaired) electrons. The van der Waals surface area contributed by atoms with Crippen molar-refractivity contribution in [3.05, 3.63) is 24.1 Å². The summed E-state index contributed by atoms with van der Waals surface area (Å²) in [6, 6.07) is 3.11. The molecule has 1 aromatic heterocycles. The summed E-state index contributed by atoms with van der Waals surface area (Å²) in [5.74, 6) is 0.269. The highest BCUT2D eigenvalue weighted by molar-refractivity contribution is 5.95. The molecule has 2 rings (SSSR count). The average molecular weight is 208 g/mol. The van der Waals surface area contributed by atoms with E-state index in [-0.39, 0.29) is 17.8 Å². The third-order valence-electron chi connectivity index (χ3n) is 2.76. The Morgan fingerprint density at radius 1 is 1.60 bits per heavy atom. The number of nitrogens with zero attached hydrogens (tertiary/aromatic N) is 2. The second-order valence-corrected chi connectivity index (χ2v) is 3.70. The van der Waals surface area contributed by atoms with E-state index in [0.717, 1.165) is 19.0 Å². The lowest BCUT2D eigenvalue weighted by Crippen LogP contribution is -2.33. The van der Waals surface area contributed by atoms with Crippen LogP contribution >= 0.6 is 0 Å². The number of anilines is 1. The fraction of sp³-hybridized carbons (Fsp3) is 0.455. The van der Waals surface area contributed by atoms with Gasteiger partial charge >= 0.3 is 0 Å². The second kappa shape index (κ2) is 3.96. The maximum atomic E-state index is 12.7. The number of halogens is 1. The summed E-state index contributed by atoms with van der Waals surface area (Å²) in [7, 11) is 0. The Hall–Kier alpha value is -1.45. The van der Waals surface area contributed by atoms with E-state index >= 15 is 0 Å². The van der Waals surface area contributed by atoms with Gasteiger partial charge in [-0.05, 0) is 25.0 Å². The van der Waals surface area contributed by atoms with E-state index in [4.69, 9.17) is 0 Å². The van der Waals surface area contributed by atoms with E-state index < -0.39 is 0 Å². The lowest BCUT2D eigenvalue weighted by atomic mass is 10.2. The zero-order valence-corrected chi connectivity index (χ0v) is 8.61. The first-order valence-electron chi connectivity index (χ1n) is 5.16. The third kappa shape index (κ3) is 1.84. The largest absolute Gasteiger partial charge is 0.294 e. The van der Waals surface area contributed by atoms with Crippen LogP contribution in [0.5, 0.6) is 0 Å². The van der Waals surface area contributed by atoms with Crippen molar-refractivity contribution in [1.82, 2.24) is 4.98 Å². The highest BCUT2D eigenvalue weighted by atomic mass is 19.1. The topological polar surface area (TPSA) is 33.2 Å². The molecule has 0 spiro atoms. The zero-order valence-electron chi connectivity index (χ0n) is 8.61. The molecule has 80 valence electrons. The highest BCUT2D eigenvalue weighted by Crippen LogP contribution is 2.26. The van der Waals surface area contributed by atoms with Gasteiger partial charge in [-0.15, -0.1) is 0 Å². The molecular formula is C11H13FN2O. The lowest BCUT2D eigenvalue weighted by molar-refractivity contribution is -0.117. The number of carbonyl (C=O) groups excluding carboxylic acids is 1. The highest BCUT2D eigenvalue weighted by Gasteiger charge is 2.31. The van der Waals surface area contributed by atoms with Crippen molar-refractivity contribution in [2.24, 2.45) is 0 Å². The minimum Gasteiger partial charge on any atom is -0.294 e. The van der Waals surface area contributed by atoms with Crippen LogP contribution in [0.1, 0.15) is 26.2 Å². The Morgan fingerprint density at radius 3 is 3.00 bits per heavy atom. The van der Waals surface area contributed by atoms with Crippen LogP contribution in [0.3, 0.4) is 0 Å². The van der Waals surface area contributed by atoms with Crippen LogP contribution in [0.25, 0.3) is 0 Å². The molecule has 1 aliphatic heterocycles. The van der Waals surface area contributed by atoms with Crippen LogP contribution in [-0.4, -0.2) is 16.9 Å². The number of amides is 1. The van der Waals surface area contributed by atoms with E-state index in [0.29, 0.717) is 12.2 Å². The monoisotopic (exact) mass is 208 g/mol. The molecule has 0 aliphatic carbocycles. The van der Waals surface area contributed by atoms with Crippen molar-refractivity contribution in [2.45, 2.75) is 32.2 Å². The standard InChI is InChI=1S/C11H13FN2O/c1-2-9-4-6-11(15)14(9)10-5-3-8(12)7-13-10/h3,5,7,9H,2,4,6H2,1H3. The van der Waals surface area contributed by atoms with Gasteiger partial charge in [-0.25, -0.2) is 9.37 Å². The summed E-state index contributed by atoms with van der Waals surface area (Å²) in [4.78, 5) is 17.2. The molecule has 2 heterocycles. The van der Waals surface area contributed by atoms with Crippen LogP contribution in [0, 0.1) is 5.82 Å². The Bertz CT molecular complexity index is 363. The van der Waals surface area contributed by atoms with Crippen molar-refractivity contribution in [1.29, 1.82) is 0 Å². The Kier molecular flexibility index (Phi) is 2.66. The summed E-state index contributed by atoms with van der Waals surface area (Å²) < 4.78 is 12.7. The summed E-state index contributed by atoms with van der Waals surface area (Å²) in [6.45, 7) is 2.04. The van der Waals surface area contributed by atoms with Gasteiger partial charge in [0.15, 0.2) is 0 Å². The smallest absolute Gasteiger partial charge is 0.228 e. The third-order valence-corrected chi connectivity index (χ3v) is 2.76. The van der Waals surface area contributed by atoms with Gasteiger partial charge in [0, 0.05) is 12.5 Å². The summed E-state index contributed by atoms with van der Waals surface area (Å²) in [5.41, 5.74) is 0. The number of hydrogen-bond donors (Lipinski definition) is 0. The Morgan fingerprint density at radius 2 is 2.40 bits per heavy atom. The van der Waals surface area contributed by atoms with Crippen molar-refractivity contribution in [2.75, 3.05) is 4.90 Å². The first kappa shape index (κ1) is 10.1. The number of aromatic nitrogens is 1. The van der Waals surface area contributed by atoms with Crippen molar-refractivity contribution in [3.8, 4) is 0 Å². The average Bonchev–Trinajstić information content (AvgIpc) is 2.61. The molecule has 1 atom stereocenters. The van der Waals surface area contributed by atoms with Gasteiger partial charge in [0.1, 0.15) is 11.6 Å². The van der Waals surface area contributed by atoms with E-state index in [9.17, 15) is 9.18 Å². The fourth-order valence-corrected chi connectivity index (χ4v) is 1.96. The van der Waals surface area contributed by atoms with Crippen LogP contribution in [0.2, 0.25) is 0 Å². The molecule has 1 unspecified atom stereocenters. The summed E-state index contributed by atoms with van der Waals surface area (Å²) in [5, 5.41) is 0. The van der Waals surface area contributed by atoms with E-state index in [1.54, 1.807) is 11.0 Å². The maximum absolute atomic E-state index is 12.7. The predicted molar refractivity (Wildman–Crippen MR) is 55.0 cm³/mol. The number of pyridine rings is 1. The van der Waals surface area contributed by atoms with Crippen LogP contribution in [0.15, 0.2) is 18.3 Å². The van der Waals surface area contributed by atoms with Crippen molar-refractivity contribution in [3.63, 3.8) is 0 Å². The van der Waals surface area contributed by atoms with Gasteiger partial charge in [0.05, 0.1) is 6.20 Å². The van der Waals surface area contributed by atoms with Crippen LogP contribution < -0.4 is 4.90 Å². The molecular weight excluding hydrogens is 195 g/mol. The van der Waals surface area contributed by atoms with Gasteiger partial charge in [0.25, 0.3) is 0 Å². The number of hydrogen-bond acceptors (Lipinski definition) is 2. The van der Waals surface area contributed by atoms with Gasteiger partial charge in [-0.2, -0.15) is 0 Å². The molecule has 0 saturated carbocycles. The van der Waals surface area contributed by atoms with Crippen LogP contribution in [-0.2, 0) is 4.79 Å². The number of rotatable bonds is 2. The second-order valence-electron chi connectivity index (χ2n) is 3.70. The van der Waals surface area contributed by atoms with Gasteiger partial charge in [-0.1, -0.05) is 6.92 Å². The number of carbonyl (C=O) groups is 1. The van der Waals surface area contributed by atoms with Gasteiger partial charge in [-0.3, -0.25) is 9.69 Å². The molecule has 15 heavy (non-hydrogen) atoms. The van der Waals surface area contributed by atoms with E-state index in [1.165, 1.54) is 6.07 Å². The predicted octanol–water partition coefficient (Wildman–Crippen LogP) is 2.13. The zero-order chi connectivity index (χ0) is 10.8. The molecule has 0 aromatic carbocycles. The Labute approximate surface area is 87.9 Å². The molecule has 0 bridgehead atoms. The van der Waals surface area contributed by atoms with E-state index in [1.807, 2.05) is 6.92 Å².